The number of hydrogen-bond acceptors (Lipinski definition) is 2. The molecule has 2 rings (SSSR count). The summed E-state index contributed by atoms with van der Waals surface area (Å²) in [5.41, 5.74) is 1.23. The van der Waals surface area contributed by atoms with E-state index >= 15 is 0 Å². The molecule has 1 aliphatic carbocycles. The van der Waals surface area contributed by atoms with E-state index in [1.165, 1.54) is 17.7 Å². The van der Waals surface area contributed by atoms with Crippen molar-refractivity contribution in [1.29, 1.82) is 0 Å². The molecule has 0 N–H and O–H groups in total. The van der Waals surface area contributed by atoms with E-state index in [-0.39, 0.29) is 11.8 Å². The van der Waals surface area contributed by atoms with E-state index in [4.69, 9.17) is 4.84 Å². The van der Waals surface area contributed by atoms with Crippen LogP contribution >= 0.6 is 15.9 Å². The Kier molecular flexibility index (Phi) is 3.30. The Morgan fingerprint density at radius 2 is 2.06 bits per heavy atom. The van der Waals surface area contributed by atoms with Crippen LogP contribution in [0.3, 0.4) is 0 Å². The van der Waals surface area contributed by atoms with Crippen molar-refractivity contribution < 1.29 is 9.63 Å². The van der Waals surface area contributed by atoms with E-state index in [9.17, 15) is 4.79 Å². The number of amides is 1. The first-order valence-electron chi connectivity index (χ1n) is 5.20. The number of hydrogen-bond donors (Lipinski definition) is 0. The fourth-order valence-corrected chi connectivity index (χ4v) is 2.13. The van der Waals surface area contributed by atoms with Crippen molar-refractivity contribution in [1.82, 2.24) is 5.06 Å². The summed E-state index contributed by atoms with van der Waals surface area (Å²) in [4.78, 5) is 16.7. The maximum Gasteiger partial charge on any atom is 0.249 e. The Labute approximate surface area is 103 Å². The van der Waals surface area contributed by atoms with Crippen LogP contribution in [0.5, 0.6) is 0 Å². The molecule has 1 fully saturated rings. The minimum Gasteiger partial charge on any atom is -0.275 e. The molecule has 0 spiro atoms. The van der Waals surface area contributed by atoms with Crippen molar-refractivity contribution in [3.63, 3.8) is 0 Å². The molecule has 1 aromatic rings. The molecule has 1 saturated carbocycles. The number of hydroxylamine groups is 2. The molecule has 1 aliphatic rings. The van der Waals surface area contributed by atoms with Gasteiger partial charge in [-0.3, -0.25) is 9.63 Å². The molecule has 4 heteroatoms. The molecule has 1 aromatic carbocycles. The highest BCUT2D eigenvalue weighted by Crippen LogP contribution is 2.48. The summed E-state index contributed by atoms with van der Waals surface area (Å²) < 4.78 is 1.06. The van der Waals surface area contributed by atoms with E-state index < -0.39 is 0 Å². The van der Waals surface area contributed by atoms with Gasteiger partial charge in [-0.15, -0.1) is 0 Å². The fraction of sp³-hybridized carbons (Fsp3) is 0.417. The number of halogens is 1. The summed E-state index contributed by atoms with van der Waals surface area (Å²) in [5, 5.41) is 1.31. The summed E-state index contributed by atoms with van der Waals surface area (Å²) >= 11 is 3.40. The average Bonchev–Trinajstić information content (AvgIpc) is 3.08. The lowest BCUT2D eigenvalue weighted by molar-refractivity contribution is -0.170. The van der Waals surface area contributed by atoms with Gasteiger partial charge in [0, 0.05) is 17.4 Å². The molecule has 3 nitrogen and oxygen atoms in total. The van der Waals surface area contributed by atoms with Crippen molar-refractivity contribution in [3.8, 4) is 0 Å². The van der Waals surface area contributed by atoms with E-state index in [0.717, 1.165) is 10.9 Å². The smallest absolute Gasteiger partial charge is 0.249 e. The van der Waals surface area contributed by atoms with Crippen LogP contribution < -0.4 is 0 Å². The molecular formula is C12H14BrNO2. The number of carbonyl (C=O) groups excluding carboxylic acids is 1. The van der Waals surface area contributed by atoms with Crippen LogP contribution in [0.2, 0.25) is 0 Å². The summed E-state index contributed by atoms with van der Waals surface area (Å²) in [6.07, 6.45) is 0.925. The Morgan fingerprint density at radius 3 is 2.62 bits per heavy atom. The highest BCUT2D eigenvalue weighted by Gasteiger charge is 2.45. The molecular weight excluding hydrogens is 270 g/mol. The molecule has 0 bridgehead atoms. The number of benzene rings is 1. The van der Waals surface area contributed by atoms with Gasteiger partial charge < -0.3 is 0 Å². The summed E-state index contributed by atoms with van der Waals surface area (Å²) in [6.45, 7) is 0. The third-order valence-corrected chi connectivity index (χ3v) is 3.52. The molecule has 16 heavy (non-hydrogen) atoms. The summed E-state index contributed by atoms with van der Waals surface area (Å²) in [5.74, 6) is 0.514. The van der Waals surface area contributed by atoms with E-state index in [1.807, 2.05) is 12.1 Å². The van der Waals surface area contributed by atoms with Gasteiger partial charge in [0.1, 0.15) is 0 Å². The lowest BCUT2D eigenvalue weighted by atomic mass is 10.1. The first kappa shape index (κ1) is 11.6. The number of rotatable bonds is 3. The van der Waals surface area contributed by atoms with Crippen LogP contribution in [0.4, 0.5) is 0 Å². The maximum absolute atomic E-state index is 11.8. The minimum absolute atomic E-state index is 0.0652. The van der Waals surface area contributed by atoms with Gasteiger partial charge in [-0.1, -0.05) is 28.1 Å². The highest BCUT2D eigenvalue weighted by molar-refractivity contribution is 9.10. The van der Waals surface area contributed by atoms with Gasteiger partial charge >= 0.3 is 0 Å². The van der Waals surface area contributed by atoms with Gasteiger partial charge in [0.25, 0.3) is 0 Å². The first-order valence-corrected chi connectivity index (χ1v) is 6.00. The quantitative estimate of drug-likeness (QED) is 0.798. The fourth-order valence-electron chi connectivity index (χ4n) is 1.87. The van der Waals surface area contributed by atoms with Gasteiger partial charge in [0.2, 0.25) is 5.91 Å². The Balaban J connectivity index is 2.01. The number of nitrogens with zero attached hydrogens (tertiary/aromatic N) is 1. The van der Waals surface area contributed by atoms with Crippen LogP contribution in [0.15, 0.2) is 28.7 Å². The predicted molar refractivity (Wildman–Crippen MR) is 64.8 cm³/mol. The topological polar surface area (TPSA) is 29.5 Å². The Morgan fingerprint density at radius 1 is 1.44 bits per heavy atom. The molecule has 86 valence electrons. The SMILES string of the molecule is CON(C)C(=O)[C@H]1C[C@@H]1c1ccc(Br)cc1. The van der Waals surface area contributed by atoms with Crippen LogP contribution in [0.1, 0.15) is 17.9 Å². The van der Waals surface area contributed by atoms with Gasteiger partial charge in [-0.2, -0.15) is 0 Å². The van der Waals surface area contributed by atoms with Crippen LogP contribution in [-0.4, -0.2) is 25.1 Å². The van der Waals surface area contributed by atoms with Crippen LogP contribution in [0.25, 0.3) is 0 Å². The van der Waals surface area contributed by atoms with Crippen molar-refractivity contribution in [2.45, 2.75) is 12.3 Å². The van der Waals surface area contributed by atoms with Crippen molar-refractivity contribution >= 4 is 21.8 Å². The molecule has 0 unspecified atom stereocenters. The largest absolute Gasteiger partial charge is 0.275 e. The van der Waals surface area contributed by atoms with Gasteiger partial charge in [0.15, 0.2) is 0 Å². The van der Waals surface area contributed by atoms with Gasteiger partial charge in [-0.25, -0.2) is 5.06 Å². The second-order valence-electron chi connectivity index (χ2n) is 4.02. The Hall–Kier alpha value is -0.870. The molecule has 0 heterocycles. The zero-order valence-electron chi connectivity index (χ0n) is 9.31. The molecule has 0 radical (unpaired) electrons. The van der Waals surface area contributed by atoms with Gasteiger partial charge in [-0.05, 0) is 30.0 Å². The highest BCUT2D eigenvalue weighted by atomic mass is 79.9. The molecule has 0 aliphatic heterocycles. The lowest BCUT2D eigenvalue weighted by Gasteiger charge is -2.13. The summed E-state index contributed by atoms with van der Waals surface area (Å²) in [6, 6.07) is 8.15. The second kappa shape index (κ2) is 4.55. The average molecular weight is 284 g/mol. The number of carbonyl (C=O) groups is 1. The Bertz CT molecular complexity index is 391. The van der Waals surface area contributed by atoms with Crippen molar-refractivity contribution in [2.75, 3.05) is 14.2 Å². The monoisotopic (exact) mass is 283 g/mol. The zero-order chi connectivity index (χ0) is 11.7. The minimum atomic E-state index is 0.0652. The van der Waals surface area contributed by atoms with Crippen LogP contribution in [0, 0.1) is 5.92 Å². The standard InChI is InChI=1S/C12H14BrNO2/c1-14(16-2)12(15)11-7-10(11)8-3-5-9(13)6-4-8/h3-6,10-11H,7H2,1-2H3/t10-,11+/m1/s1. The lowest BCUT2D eigenvalue weighted by Crippen LogP contribution is -2.27. The molecule has 0 aromatic heterocycles. The third-order valence-electron chi connectivity index (χ3n) is 2.99. The summed E-state index contributed by atoms with van der Waals surface area (Å²) in [7, 11) is 3.16. The predicted octanol–water partition coefficient (Wildman–Crippen LogP) is 2.57. The second-order valence-corrected chi connectivity index (χ2v) is 4.93. The van der Waals surface area contributed by atoms with Crippen molar-refractivity contribution in [3.05, 3.63) is 34.3 Å². The van der Waals surface area contributed by atoms with E-state index in [1.54, 1.807) is 7.05 Å². The van der Waals surface area contributed by atoms with Crippen LogP contribution in [-0.2, 0) is 9.63 Å². The van der Waals surface area contributed by atoms with Crippen molar-refractivity contribution in [2.24, 2.45) is 5.92 Å². The normalized spacial score (nSPS) is 22.9. The third kappa shape index (κ3) is 2.28. The van der Waals surface area contributed by atoms with E-state index in [0.29, 0.717) is 5.92 Å². The zero-order valence-corrected chi connectivity index (χ0v) is 10.9. The van der Waals surface area contributed by atoms with Gasteiger partial charge in [0.05, 0.1) is 7.11 Å². The molecule has 0 saturated heterocycles. The maximum atomic E-state index is 11.8. The first-order chi connectivity index (χ1) is 7.63. The molecule has 1 amide bonds. The van der Waals surface area contributed by atoms with E-state index in [2.05, 4.69) is 28.1 Å². The molecule has 2 atom stereocenters.